The number of aryl methyl sites for hydroxylation is 1. The molecule has 1 heterocycles. The molecule has 1 aromatic heterocycles. The number of nitriles is 1. The second-order valence-electron chi connectivity index (χ2n) is 3.86. The molecule has 0 saturated heterocycles. The maximum absolute atomic E-state index is 12.0. The number of hydrogen-bond donors (Lipinski definition) is 1. The molecule has 4 heteroatoms. The minimum atomic E-state index is -0.270. The predicted octanol–water partition coefficient (Wildman–Crippen LogP) is 2.51. The molecule has 0 aliphatic rings. The Kier molecular flexibility index (Phi) is 3.35. The third-order valence-corrected chi connectivity index (χ3v) is 2.43. The maximum atomic E-state index is 12.0. The maximum Gasteiger partial charge on any atom is 0.257 e. The Morgan fingerprint density at radius 3 is 2.83 bits per heavy atom. The van der Waals surface area contributed by atoms with Crippen molar-refractivity contribution >= 4 is 11.6 Å². The van der Waals surface area contributed by atoms with Gasteiger partial charge in [0.15, 0.2) is 0 Å². The van der Waals surface area contributed by atoms with Gasteiger partial charge in [-0.15, -0.1) is 0 Å². The third-order valence-electron chi connectivity index (χ3n) is 2.43. The van der Waals surface area contributed by atoms with E-state index in [1.165, 1.54) is 6.20 Å². The summed E-state index contributed by atoms with van der Waals surface area (Å²) in [5, 5.41) is 11.6. The number of hydrogen-bond acceptors (Lipinski definition) is 3. The fourth-order valence-electron chi connectivity index (χ4n) is 1.56. The van der Waals surface area contributed by atoms with Gasteiger partial charge in [-0.25, -0.2) is 0 Å². The predicted molar refractivity (Wildman–Crippen MR) is 68.1 cm³/mol. The summed E-state index contributed by atoms with van der Waals surface area (Å²) in [7, 11) is 0. The van der Waals surface area contributed by atoms with Crippen LogP contribution in [-0.4, -0.2) is 10.9 Å². The molecular weight excluding hydrogens is 226 g/mol. The van der Waals surface area contributed by atoms with Gasteiger partial charge in [0.25, 0.3) is 5.91 Å². The summed E-state index contributed by atoms with van der Waals surface area (Å²) in [6.07, 6.45) is 3.18. The van der Waals surface area contributed by atoms with Crippen LogP contribution in [0.5, 0.6) is 0 Å². The van der Waals surface area contributed by atoms with E-state index >= 15 is 0 Å². The molecule has 2 rings (SSSR count). The Bertz CT molecular complexity index is 629. The second-order valence-corrected chi connectivity index (χ2v) is 3.86. The van der Waals surface area contributed by atoms with Gasteiger partial charge in [0.05, 0.1) is 16.8 Å². The van der Waals surface area contributed by atoms with Crippen molar-refractivity contribution in [3.8, 4) is 6.07 Å². The van der Waals surface area contributed by atoms with Crippen LogP contribution < -0.4 is 5.32 Å². The molecule has 88 valence electrons. The summed E-state index contributed by atoms with van der Waals surface area (Å²) < 4.78 is 0. The Labute approximate surface area is 105 Å². The summed E-state index contributed by atoms with van der Waals surface area (Å²) in [6, 6.07) is 10.7. The smallest absolute Gasteiger partial charge is 0.257 e. The number of pyridine rings is 1. The molecule has 2 aromatic rings. The molecule has 4 nitrogen and oxygen atoms in total. The zero-order valence-corrected chi connectivity index (χ0v) is 9.84. The highest BCUT2D eigenvalue weighted by atomic mass is 16.1. The van der Waals surface area contributed by atoms with Crippen LogP contribution in [0.3, 0.4) is 0 Å². The fraction of sp³-hybridized carbons (Fsp3) is 0.0714. The van der Waals surface area contributed by atoms with E-state index in [1.807, 2.05) is 13.0 Å². The van der Waals surface area contributed by atoms with E-state index in [-0.39, 0.29) is 5.91 Å². The number of para-hydroxylation sites is 1. The molecule has 18 heavy (non-hydrogen) atoms. The lowest BCUT2D eigenvalue weighted by atomic mass is 10.1. The molecule has 0 fully saturated rings. The van der Waals surface area contributed by atoms with Gasteiger partial charge in [-0.1, -0.05) is 12.1 Å². The van der Waals surface area contributed by atoms with E-state index < -0.39 is 0 Å². The first kappa shape index (κ1) is 11.8. The van der Waals surface area contributed by atoms with Crippen LogP contribution in [0.15, 0.2) is 42.7 Å². The first-order valence-corrected chi connectivity index (χ1v) is 5.43. The lowest BCUT2D eigenvalue weighted by Gasteiger charge is -2.06. The number of nitrogens with zero attached hydrogens (tertiary/aromatic N) is 2. The second kappa shape index (κ2) is 5.11. The molecule has 0 aliphatic carbocycles. The highest BCUT2D eigenvalue weighted by molar-refractivity contribution is 6.04. The van der Waals surface area contributed by atoms with Gasteiger partial charge < -0.3 is 5.32 Å². The number of rotatable bonds is 2. The minimum Gasteiger partial charge on any atom is -0.321 e. The number of aromatic nitrogens is 1. The van der Waals surface area contributed by atoms with Gasteiger partial charge in [-0.2, -0.15) is 5.26 Å². The van der Waals surface area contributed by atoms with Crippen molar-refractivity contribution in [1.82, 2.24) is 4.98 Å². The van der Waals surface area contributed by atoms with E-state index in [0.717, 1.165) is 5.56 Å². The molecule has 1 amide bonds. The summed E-state index contributed by atoms with van der Waals surface area (Å²) in [5.74, 6) is -0.270. The van der Waals surface area contributed by atoms with Gasteiger partial charge >= 0.3 is 0 Å². The van der Waals surface area contributed by atoms with Crippen LogP contribution >= 0.6 is 0 Å². The first-order chi connectivity index (χ1) is 8.70. The summed E-state index contributed by atoms with van der Waals surface area (Å²) in [6.45, 7) is 1.87. The van der Waals surface area contributed by atoms with Gasteiger partial charge in [0.1, 0.15) is 6.07 Å². The molecular formula is C14H11N3O. The van der Waals surface area contributed by atoms with Crippen molar-refractivity contribution in [2.75, 3.05) is 5.32 Å². The Morgan fingerprint density at radius 2 is 2.11 bits per heavy atom. The molecule has 0 aliphatic heterocycles. The zero-order valence-electron chi connectivity index (χ0n) is 9.84. The van der Waals surface area contributed by atoms with Gasteiger partial charge in [-0.3, -0.25) is 9.78 Å². The molecule has 0 saturated carbocycles. The van der Waals surface area contributed by atoms with Crippen LogP contribution in [0.1, 0.15) is 21.5 Å². The highest BCUT2D eigenvalue weighted by Crippen LogP contribution is 2.15. The third kappa shape index (κ3) is 2.53. The molecule has 1 N–H and O–H groups in total. The number of nitrogens with one attached hydrogen (secondary N) is 1. The molecule has 0 radical (unpaired) electrons. The number of carbonyl (C=O) groups excluding carboxylic acids is 1. The average Bonchev–Trinajstić information content (AvgIpc) is 2.39. The quantitative estimate of drug-likeness (QED) is 0.872. The normalized spacial score (nSPS) is 9.56. The molecule has 0 unspecified atom stereocenters. The topological polar surface area (TPSA) is 65.8 Å². The number of amides is 1. The monoisotopic (exact) mass is 237 g/mol. The van der Waals surface area contributed by atoms with E-state index in [0.29, 0.717) is 16.8 Å². The van der Waals surface area contributed by atoms with Crippen molar-refractivity contribution in [1.29, 1.82) is 5.26 Å². The van der Waals surface area contributed by atoms with Crippen molar-refractivity contribution in [2.45, 2.75) is 6.92 Å². The largest absolute Gasteiger partial charge is 0.321 e. The van der Waals surface area contributed by atoms with Crippen molar-refractivity contribution in [3.63, 3.8) is 0 Å². The number of anilines is 1. The Hall–Kier alpha value is -2.67. The van der Waals surface area contributed by atoms with Gasteiger partial charge in [-0.05, 0) is 30.7 Å². The van der Waals surface area contributed by atoms with Crippen molar-refractivity contribution < 1.29 is 4.79 Å². The first-order valence-electron chi connectivity index (χ1n) is 5.43. The SMILES string of the molecule is Cc1cncc(C(=O)Nc2ccccc2C#N)c1. The van der Waals surface area contributed by atoms with Gasteiger partial charge in [0.2, 0.25) is 0 Å². The molecule has 0 bridgehead atoms. The van der Waals surface area contributed by atoms with Crippen molar-refractivity contribution in [3.05, 3.63) is 59.4 Å². The minimum absolute atomic E-state index is 0.270. The Morgan fingerprint density at radius 1 is 1.33 bits per heavy atom. The van der Waals surface area contributed by atoms with Gasteiger partial charge in [0, 0.05) is 12.4 Å². The molecule has 0 atom stereocenters. The lowest BCUT2D eigenvalue weighted by Crippen LogP contribution is -2.13. The summed E-state index contributed by atoms with van der Waals surface area (Å²) in [4.78, 5) is 15.9. The Balaban J connectivity index is 2.25. The summed E-state index contributed by atoms with van der Waals surface area (Å²) in [5.41, 5.74) is 2.33. The van der Waals surface area contributed by atoms with Crippen LogP contribution in [0.25, 0.3) is 0 Å². The van der Waals surface area contributed by atoms with E-state index in [4.69, 9.17) is 5.26 Å². The standard InChI is InChI=1S/C14H11N3O/c1-10-6-12(9-16-8-10)14(18)17-13-5-3-2-4-11(13)7-15/h2-6,8-9H,1H3,(H,17,18). The van der Waals surface area contributed by atoms with Crippen LogP contribution in [0.4, 0.5) is 5.69 Å². The average molecular weight is 237 g/mol. The zero-order chi connectivity index (χ0) is 13.0. The van der Waals surface area contributed by atoms with E-state index in [1.54, 1.807) is 36.5 Å². The summed E-state index contributed by atoms with van der Waals surface area (Å²) >= 11 is 0. The van der Waals surface area contributed by atoms with Crippen LogP contribution in [-0.2, 0) is 0 Å². The highest BCUT2D eigenvalue weighted by Gasteiger charge is 2.08. The van der Waals surface area contributed by atoms with E-state index in [2.05, 4.69) is 10.3 Å². The van der Waals surface area contributed by atoms with Crippen molar-refractivity contribution in [2.24, 2.45) is 0 Å². The number of benzene rings is 1. The lowest BCUT2D eigenvalue weighted by molar-refractivity contribution is 0.102. The number of carbonyl (C=O) groups is 1. The van der Waals surface area contributed by atoms with Crippen LogP contribution in [0, 0.1) is 18.3 Å². The fourth-order valence-corrected chi connectivity index (χ4v) is 1.56. The van der Waals surface area contributed by atoms with Crippen LogP contribution in [0.2, 0.25) is 0 Å². The molecule has 1 aromatic carbocycles. The molecule has 0 spiro atoms. The van der Waals surface area contributed by atoms with E-state index in [9.17, 15) is 4.79 Å².